The molecule has 0 fully saturated rings. The van der Waals surface area contributed by atoms with Crippen LogP contribution in [0.1, 0.15) is 11.1 Å². The fourth-order valence-electron chi connectivity index (χ4n) is 2.53. The maximum Gasteiger partial charge on any atom is 0.231 e. The highest BCUT2D eigenvalue weighted by Crippen LogP contribution is 2.32. The van der Waals surface area contributed by atoms with E-state index in [1.165, 1.54) is 11.1 Å². The number of ether oxygens (including phenoxy) is 2. The Morgan fingerprint density at radius 3 is 2.43 bits per heavy atom. The summed E-state index contributed by atoms with van der Waals surface area (Å²) in [7, 11) is 2.01. The van der Waals surface area contributed by atoms with Gasteiger partial charge in [0.1, 0.15) is 0 Å². The van der Waals surface area contributed by atoms with Gasteiger partial charge in [-0.1, -0.05) is 36.4 Å². The Morgan fingerprint density at radius 1 is 0.952 bits per heavy atom. The van der Waals surface area contributed by atoms with E-state index in [1.54, 1.807) is 0 Å². The van der Waals surface area contributed by atoms with Crippen molar-refractivity contribution in [3.05, 3.63) is 59.7 Å². The summed E-state index contributed by atoms with van der Waals surface area (Å²) >= 11 is 0. The quantitative estimate of drug-likeness (QED) is 0.920. The molecule has 2 aromatic rings. The average Bonchev–Trinajstić information content (AvgIpc) is 2.95. The number of nitrogens with one attached hydrogen (secondary N) is 1. The summed E-state index contributed by atoms with van der Waals surface area (Å²) in [6.07, 6.45) is 1.99. The smallest absolute Gasteiger partial charge is 0.231 e. The first-order valence-corrected chi connectivity index (χ1v) is 6.95. The van der Waals surface area contributed by atoms with Gasteiger partial charge in [-0.2, -0.15) is 0 Å². The van der Waals surface area contributed by atoms with Gasteiger partial charge in [-0.3, -0.25) is 0 Å². The van der Waals surface area contributed by atoms with Gasteiger partial charge in [0.05, 0.1) is 0 Å². The number of likely N-dealkylation sites (N-methyl/N-ethyl adjacent to an activating group) is 1. The van der Waals surface area contributed by atoms with Gasteiger partial charge in [-0.25, -0.2) is 0 Å². The molecule has 3 nitrogen and oxygen atoms in total. The molecule has 112 valence electrons. The third-order valence-corrected chi connectivity index (χ3v) is 3.65. The number of hydrogen-bond donors (Lipinski definition) is 1. The van der Waals surface area contributed by atoms with Crippen molar-refractivity contribution in [1.82, 2.24) is 5.32 Å². The number of fused-ring (bicyclic) bond motifs is 1. The summed E-state index contributed by atoms with van der Waals surface area (Å²) in [5, 5.41) is 3.39. The predicted octanol–water partition coefficient (Wildman–Crippen LogP) is 3.21. The molecule has 0 spiro atoms. The van der Waals surface area contributed by atoms with Crippen molar-refractivity contribution < 1.29 is 9.47 Å². The maximum atomic E-state index is 5.43. The lowest BCUT2D eigenvalue weighted by Crippen LogP contribution is -2.29. The topological polar surface area (TPSA) is 30.5 Å². The average molecular weight is 306 g/mol. The van der Waals surface area contributed by atoms with Crippen LogP contribution in [0.15, 0.2) is 48.5 Å². The molecule has 0 amide bonds. The van der Waals surface area contributed by atoms with E-state index in [0.29, 0.717) is 12.8 Å². The molecule has 3 rings (SSSR count). The molecule has 1 unspecified atom stereocenters. The lowest BCUT2D eigenvalue weighted by molar-refractivity contribution is 0.174. The molecule has 0 radical (unpaired) electrons. The Morgan fingerprint density at radius 2 is 1.67 bits per heavy atom. The standard InChI is InChI=1S/C17H19NO2.ClH/c1-18-15(9-13-5-3-2-4-6-13)10-14-7-8-16-17(11-14)20-12-19-16;/h2-8,11,15,18H,9-10,12H2,1H3;1H. The van der Waals surface area contributed by atoms with Gasteiger partial charge in [0.15, 0.2) is 11.5 Å². The fourth-order valence-corrected chi connectivity index (χ4v) is 2.53. The van der Waals surface area contributed by atoms with Crippen LogP contribution in [0.4, 0.5) is 0 Å². The van der Waals surface area contributed by atoms with Gasteiger partial charge < -0.3 is 14.8 Å². The van der Waals surface area contributed by atoms with Crippen LogP contribution in [-0.4, -0.2) is 19.9 Å². The van der Waals surface area contributed by atoms with Crippen molar-refractivity contribution in [1.29, 1.82) is 0 Å². The summed E-state index contributed by atoms with van der Waals surface area (Å²) in [6, 6.07) is 17.2. The van der Waals surface area contributed by atoms with Crippen molar-refractivity contribution >= 4 is 12.4 Å². The SMILES string of the molecule is CNC(Cc1ccccc1)Cc1ccc2c(c1)OCO2.Cl. The summed E-state index contributed by atoms with van der Waals surface area (Å²) in [5.74, 6) is 1.70. The number of rotatable bonds is 5. The molecule has 1 heterocycles. The predicted molar refractivity (Wildman–Crippen MR) is 86.5 cm³/mol. The van der Waals surface area contributed by atoms with Gasteiger partial charge in [0.25, 0.3) is 0 Å². The molecular formula is C17H20ClNO2. The Bertz CT molecular complexity index is 574. The third-order valence-electron chi connectivity index (χ3n) is 3.65. The molecule has 0 aromatic heterocycles. The van der Waals surface area contributed by atoms with E-state index in [0.717, 1.165) is 24.3 Å². The van der Waals surface area contributed by atoms with Crippen LogP contribution in [0.3, 0.4) is 0 Å². The van der Waals surface area contributed by atoms with Crippen LogP contribution >= 0.6 is 12.4 Å². The Labute approximate surface area is 131 Å². The van der Waals surface area contributed by atoms with Crippen LogP contribution in [0.5, 0.6) is 11.5 Å². The van der Waals surface area contributed by atoms with E-state index in [2.05, 4.69) is 47.8 Å². The highest BCUT2D eigenvalue weighted by atomic mass is 35.5. The van der Waals surface area contributed by atoms with Crippen LogP contribution in [0, 0.1) is 0 Å². The summed E-state index contributed by atoms with van der Waals surface area (Å²) in [4.78, 5) is 0. The molecule has 0 saturated heterocycles. The minimum Gasteiger partial charge on any atom is -0.454 e. The van der Waals surface area contributed by atoms with E-state index < -0.39 is 0 Å². The molecule has 1 atom stereocenters. The van der Waals surface area contributed by atoms with Crippen molar-refractivity contribution in [3.63, 3.8) is 0 Å². The molecule has 2 aromatic carbocycles. The van der Waals surface area contributed by atoms with Crippen LogP contribution in [0.25, 0.3) is 0 Å². The monoisotopic (exact) mass is 305 g/mol. The Balaban J connectivity index is 0.00000161. The van der Waals surface area contributed by atoms with E-state index in [-0.39, 0.29) is 12.4 Å². The second kappa shape index (κ2) is 7.34. The van der Waals surface area contributed by atoms with Gasteiger partial charge in [0.2, 0.25) is 6.79 Å². The van der Waals surface area contributed by atoms with Crippen molar-refractivity contribution in [2.45, 2.75) is 18.9 Å². The van der Waals surface area contributed by atoms with Crippen LogP contribution < -0.4 is 14.8 Å². The highest BCUT2D eigenvalue weighted by molar-refractivity contribution is 5.85. The lowest BCUT2D eigenvalue weighted by atomic mass is 9.99. The maximum absolute atomic E-state index is 5.43. The van der Waals surface area contributed by atoms with Crippen molar-refractivity contribution in [2.75, 3.05) is 13.8 Å². The zero-order valence-electron chi connectivity index (χ0n) is 12.0. The number of benzene rings is 2. The van der Waals surface area contributed by atoms with E-state index in [9.17, 15) is 0 Å². The van der Waals surface area contributed by atoms with Gasteiger partial charge in [0, 0.05) is 6.04 Å². The second-order valence-electron chi connectivity index (χ2n) is 5.07. The first kappa shape index (κ1) is 15.7. The molecule has 1 aliphatic rings. The highest BCUT2D eigenvalue weighted by Gasteiger charge is 2.15. The zero-order chi connectivity index (χ0) is 13.8. The molecule has 21 heavy (non-hydrogen) atoms. The molecule has 1 N–H and O–H groups in total. The van der Waals surface area contributed by atoms with Crippen LogP contribution in [0.2, 0.25) is 0 Å². The Hall–Kier alpha value is -1.71. The summed E-state index contributed by atoms with van der Waals surface area (Å²) in [5.41, 5.74) is 2.62. The minimum absolute atomic E-state index is 0. The second-order valence-corrected chi connectivity index (χ2v) is 5.07. The molecule has 1 aliphatic heterocycles. The fraction of sp³-hybridized carbons (Fsp3) is 0.294. The van der Waals surface area contributed by atoms with Gasteiger partial charge in [-0.05, 0) is 43.1 Å². The van der Waals surface area contributed by atoms with Crippen molar-refractivity contribution in [3.8, 4) is 11.5 Å². The summed E-state index contributed by atoms with van der Waals surface area (Å²) in [6.45, 7) is 0.332. The molecule has 0 saturated carbocycles. The van der Waals surface area contributed by atoms with E-state index in [1.807, 2.05) is 13.1 Å². The van der Waals surface area contributed by atoms with Gasteiger partial charge >= 0.3 is 0 Å². The van der Waals surface area contributed by atoms with E-state index >= 15 is 0 Å². The minimum atomic E-state index is 0. The largest absolute Gasteiger partial charge is 0.454 e. The van der Waals surface area contributed by atoms with E-state index in [4.69, 9.17) is 9.47 Å². The lowest BCUT2D eigenvalue weighted by Gasteiger charge is -2.16. The molecule has 0 bridgehead atoms. The third kappa shape index (κ3) is 3.90. The summed E-state index contributed by atoms with van der Waals surface area (Å²) < 4.78 is 10.8. The normalized spacial score (nSPS) is 13.6. The van der Waals surface area contributed by atoms with Gasteiger partial charge in [-0.15, -0.1) is 12.4 Å². The molecule has 4 heteroatoms. The number of hydrogen-bond acceptors (Lipinski definition) is 3. The van der Waals surface area contributed by atoms with Crippen LogP contribution in [-0.2, 0) is 12.8 Å². The first-order chi connectivity index (χ1) is 9.85. The number of halogens is 1. The van der Waals surface area contributed by atoms with Crippen molar-refractivity contribution in [2.24, 2.45) is 0 Å². The zero-order valence-corrected chi connectivity index (χ0v) is 12.9. The molecule has 0 aliphatic carbocycles. The molecular weight excluding hydrogens is 286 g/mol. The Kier molecular flexibility index (Phi) is 5.48. The first-order valence-electron chi connectivity index (χ1n) is 6.95.